The van der Waals surface area contributed by atoms with E-state index in [2.05, 4.69) is 20.9 Å². The van der Waals surface area contributed by atoms with Crippen LogP contribution in [0.5, 0.6) is 17.2 Å². The summed E-state index contributed by atoms with van der Waals surface area (Å²) < 4.78 is 18.0. The molecule has 3 heterocycles. The Bertz CT molecular complexity index is 1260. The number of hydrazone groups is 1. The standard InChI is InChI=1S/C24H20BrN3O5/c1-31-20-9-7-14(21(24(29)30)22(20)32-2)23-28-18(15-11-13(25)6-8-19(15)33-23)12-17(27-28)16-5-3-4-10-26-16/h3-11,18,23H,12H2,1-2H3,(H,29,30)/t18-,23-/m0/s1. The van der Waals surface area contributed by atoms with Crippen LogP contribution in [-0.2, 0) is 0 Å². The van der Waals surface area contributed by atoms with Crippen LogP contribution in [0.25, 0.3) is 0 Å². The number of aromatic nitrogens is 1. The number of benzene rings is 2. The van der Waals surface area contributed by atoms with Gasteiger partial charge in [0.15, 0.2) is 11.5 Å². The minimum Gasteiger partial charge on any atom is -0.493 e. The molecule has 0 unspecified atom stereocenters. The molecule has 0 fully saturated rings. The van der Waals surface area contributed by atoms with Gasteiger partial charge in [0.05, 0.1) is 31.7 Å². The van der Waals surface area contributed by atoms with E-state index in [0.717, 1.165) is 21.4 Å². The van der Waals surface area contributed by atoms with Crippen LogP contribution in [0, 0.1) is 0 Å². The Labute approximate surface area is 198 Å². The Morgan fingerprint density at radius 3 is 2.70 bits per heavy atom. The zero-order chi connectivity index (χ0) is 23.1. The zero-order valence-electron chi connectivity index (χ0n) is 17.9. The summed E-state index contributed by atoms with van der Waals surface area (Å²) in [6.07, 6.45) is 1.55. The number of carbonyl (C=O) groups is 1. The molecule has 1 N–H and O–H groups in total. The van der Waals surface area contributed by atoms with E-state index in [1.807, 2.05) is 41.4 Å². The molecule has 9 heteroatoms. The highest BCUT2D eigenvalue weighted by Gasteiger charge is 2.43. The third-order valence-corrected chi connectivity index (χ3v) is 6.26. The topological polar surface area (TPSA) is 93.5 Å². The van der Waals surface area contributed by atoms with Gasteiger partial charge in [-0.1, -0.05) is 22.0 Å². The van der Waals surface area contributed by atoms with Gasteiger partial charge in [0.2, 0.25) is 6.23 Å². The van der Waals surface area contributed by atoms with Crippen LogP contribution >= 0.6 is 15.9 Å². The third-order valence-electron chi connectivity index (χ3n) is 5.77. The van der Waals surface area contributed by atoms with E-state index in [0.29, 0.717) is 23.5 Å². The number of fused-ring (bicyclic) bond motifs is 3. The predicted octanol–water partition coefficient (Wildman–Crippen LogP) is 4.80. The van der Waals surface area contributed by atoms with Crippen LogP contribution < -0.4 is 14.2 Å². The average Bonchev–Trinajstić information content (AvgIpc) is 3.29. The molecule has 33 heavy (non-hydrogen) atoms. The van der Waals surface area contributed by atoms with E-state index in [1.54, 1.807) is 18.3 Å². The van der Waals surface area contributed by atoms with E-state index in [4.69, 9.17) is 19.3 Å². The highest BCUT2D eigenvalue weighted by Crippen LogP contribution is 2.50. The quantitative estimate of drug-likeness (QED) is 0.527. The van der Waals surface area contributed by atoms with Crippen LogP contribution in [0.4, 0.5) is 0 Å². The first-order chi connectivity index (χ1) is 16.0. The molecule has 0 aliphatic carbocycles. The van der Waals surface area contributed by atoms with Gasteiger partial charge < -0.3 is 19.3 Å². The lowest BCUT2D eigenvalue weighted by Crippen LogP contribution is -2.34. The summed E-state index contributed by atoms with van der Waals surface area (Å²) in [4.78, 5) is 16.8. The normalized spacial score (nSPS) is 18.6. The van der Waals surface area contributed by atoms with Crippen LogP contribution in [-0.4, -0.2) is 41.0 Å². The van der Waals surface area contributed by atoms with Crippen molar-refractivity contribution in [3.05, 3.63) is 81.6 Å². The van der Waals surface area contributed by atoms with Crippen molar-refractivity contribution in [2.45, 2.75) is 18.7 Å². The number of carboxylic acids is 1. The monoisotopic (exact) mass is 509 g/mol. The van der Waals surface area contributed by atoms with Crippen molar-refractivity contribution in [3.8, 4) is 17.2 Å². The number of pyridine rings is 1. The number of ether oxygens (including phenoxy) is 3. The molecule has 0 amide bonds. The Kier molecular flexibility index (Phi) is 5.41. The third kappa shape index (κ3) is 3.58. The number of methoxy groups -OCH3 is 2. The number of carboxylic acid groups (broad SMARTS) is 1. The molecule has 0 radical (unpaired) electrons. The smallest absolute Gasteiger partial charge is 0.340 e. The average molecular weight is 510 g/mol. The molecule has 168 valence electrons. The highest BCUT2D eigenvalue weighted by molar-refractivity contribution is 9.10. The van der Waals surface area contributed by atoms with Crippen LogP contribution in [0.15, 0.2) is 64.3 Å². The van der Waals surface area contributed by atoms with Gasteiger partial charge in [-0.2, -0.15) is 5.10 Å². The van der Waals surface area contributed by atoms with Gasteiger partial charge in [0.25, 0.3) is 0 Å². The number of aromatic carboxylic acids is 1. The lowest BCUT2D eigenvalue weighted by atomic mass is 9.96. The summed E-state index contributed by atoms with van der Waals surface area (Å²) in [7, 11) is 2.88. The Balaban J connectivity index is 1.68. The number of rotatable bonds is 5. The molecular formula is C24H20BrN3O5. The molecule has 0 saturated heterocycles. The molecule has 0 saturated carbocycles. The first-order valence-electron chi connectivity index (χ1n) is 10.2. The molecule has 0 bridgehead atoms. The number of hydrogen-bond acceptors (Lipinski definition) is 7. The second-order valence-corrected chi connectivity index (χ2v) is 8.50. The molecule has 2 aliphatic rings. The maximum atomic E-state index is 12.3. The van der Waals surface area contributed by atoms with Gasteiger partial charge in [-0.15, -0.1) is 0 Å². The first kappa shape index (κ1) is 21.3. The first-order valence-corrected chi connectivity index (χ1v) is 11.0. The van der Waals surface area contributed by atoms with Gasteiger partial charge in [-0.05, 0) is 42.5 Å². The van der Waals surface area contributed by atoms with E-state index in [9.17, 15) is 9.90 Å². The van der Waals surface area contributed by atoms with Crippen molar-refractivity contribution < 1.29 is 24.1 Å². The summed E-state index contributed by atoms with van der Waals surface area (Å²) in [6.45, 7) is 0. The minimum atomic E-state index is -1.14. The summed E-state index contributed by atoms with van der Waals surface area (Å²) >= 11 is 3.54. The Morgan fingerprint density at radius 2 is 2.00 bits per heavy atom. The molecule has 2 atom stereocenters. The predicted molar refractivity (Wildman–Crippen MR) is 124 cm³/mol. The van der Waals surface area contributed by atoms with Crippen molar-refractivity contribution in [3.63, 3.8) is 0 Å². The largest absolute Gasteiger partial charge is 0.493 e. The minimum absolute atomic E-state index is 0.0253. The van der Waals surface area contributed by atoms with Gasteiger partial charge in [-0.25, -0.2) is 9.80 Å². The maximum absolute atomic E-state index is 12.3. The fourth-order valence-corrected chi connectivity index (χ4v) is 4.70. The molecule has 1 aromatic heterocycles. The van der Waals surface area contributed by atoms with Crippen LogP contribution in [0.2, 0.25) is 0 Å². The number of nitrogens with zero attached hydrogens (tertiary/aromatic N) is 3. The van der Waals surface area contributed by atoms with Gasteiger partial charge in [0, 0.05) is 28.2 Å². The van der Waals surface area contributed by atoms with Crippen molar-refractivity contribution in [1.29, 1.82) is 0 Å². The van der Waals surface area contributed by atoms with Gasteiger partial charge in [-0.3, -0.25) is 4.98 Å². The maximum Gasteiger partial charge on any atom is 0.340 e. The molecule has 3 aromatic rings. The fourth-order valence-electron chi connectivity index (χ4n) is 4.32. The van der Waals surface area contributed by atoms with Crippen LogP contribution in [0.3, 0.4) is 0 Å². The summed E-state index contributed by atoms with van der Waals surface area (Å²) in [5.41, 5.74) is 2.94. The van der Waals surface area contributed by atoms with E-state index in [1.165, 1.54) is 14.2 Å². The molecule has 0 spiro atoms. The zero-order valence-corrected chi connectivity index (χ0v) is 19.4. The van der Waals surface area contributed by atoms with E-state index < -0.39 is 12.2 Å². The number of halogens is 1. The second-order valence-electron chi connectivity index (χ2n) is 7.58. The summed E-state index contributed by atoms with van der Waals surface area (Å²) in [6, 6.07) is 14.7. The molecule has 5 rings (SSSR count). The lowest BCUT2D eigenvalue weighted by Gasteiger charge is -2.38. The summed E-state index contributed by atoms with van der Waals surface area (Å²) in [5.74, 6) is -0.00418. The molecule has 8 nitrogen and oxygen atoms in total. The van der Waals surface area contributed by atoms with Crippen LogP contribution in [0.1, 0.15) is 45.9 Å². The molecule has 2 aliphatic heterocycles. The van der Waals surface area contributed by atoms with E-state index in [-0.39, 0.29) is 17.4 Å². The fraction of sp³-hybridized carbons (Fsp3) is 0.208. The van der Waals surface area contributed by atoms with Crippen molar-refractivity contribution >= 4 is 27.6 Å². The van der Waals surface area contributed by atoms with Gasteiger partial charge in [0.1, 0.15) is 11.3 Å². The van der Waals surface area contributed by atoms with Crippen molar-refractivity contribution in [2.24, 2.45) is 5.10 Å². The van der Waals surface area contributed by atoms with Crippen molar-refractivity contribution in [2.75, 3.05) is 14.2 Å². The SMILES string of the molecule is COc1ccc([C@@H]2Oc3ccc(Br)cc3[C@@H]3CC(c4ccccn4)=NN32)c(C(=O)O)c1OC. The highest BCUT2D eigenvalue weighted by atomic mass is 79.9. The molecule has 2 aromatic carbocycles. The second kappa shape index (κ2) is 8.40. The Morgan fingerprint density at radius 1 is 1.15 bits per heavy atom. The van der Waals surface area contributed by atoms with Gasteiger partial charge >= 0.3 is 5.97 Å². The lowest BCUT2D eigenvalue weighted by molar-refractivity contribution is -0.0199. The van der Waals surface area contributed by atoms with E-state index >= 15 is 0 Å². The summed E-state index contributed by atoms with van der Waals surface area (Å²) in [5, 5.41) is 16.7. The van der Waals surface area contributed by atoms with Crippen molar-refractivity contribution in [1.82, 2.24) is 9.99 Å². The Hall–Kier alpha value is -3.59. The number of hydrogen-bond donors (Lipinski definition) is 1. The molecular weight excluding hydrogens is 490 g/mol.